The molecular formula is C21H27FN4S. The average molecular weight is 387 g/mol. The molecule has 2 aromatic rings. The molecule has 1 heterocycles. The van der Waals surface area contributed by atoms with Gasteiger partial charge in [-0.05, 0) is 50.0 Å². The predicted molar refractivity (Wildman–Crippen MR) is 113 cm³/mol. The number of hydrogen-bond donors (Lipinski definition) is 2. The van der Waals surface area contributed by atoms with Crippen LogP contribution < -0.4 is 10.6 Å². The third-order valence-electron chi connectivity index (χ3n) is 4.99. The topological polar surface area (TPSA) is 30.5 Å². The van der Waals surface area contributed by atoms with Crippen LogP contribution >= 0.6 is 12.2 Å². The van der Waals surface area contributed by atoms with Crippen LogP contribution in [0.15, 0.2) is 54.6 Å². The van der Waals surface area contributed by atoms with Gasteiger partial charge < -0.3 is 15.5 Å². The lowest BCUT2D eigenvalue weighted by atomic mass is 9.98. The molecule has 1 fully saturated rings. The molecule has 0 radical (unpaired) electrons. The zero-order valence-electron chi connectivity index (χ0n) is 15.9. The first kappa shape index (κ1) is 19.7. The van der Waals surface area contributed by atoms with Crippen LogP contribution in [-0.2, 0) is 0 Å². The highest BCUT2D eigenvalue weighted by atomic mass is 32.1. The highest BCUT2D eigenvalue weighted by Crippen LogP contribution is 2.25. The van der Waals surface area contributed by atoms with Crippen LogP contribution in [-0.4, -0.2) is 54.2 Å². The van der Waals surface area contributed by atoms with Crippen LogP contribution in [0, 0.1) is 5.82 Å². The van der Waals surface area contributed by atoms with Crippen LogP contribution in [0.3, 0.4) is 0 Å². The van der Waals surface area contributed by atoms with Gasteiger partial charge in [-0.1, -0.05) is 36.4 Å². The molecule has 1 aliphatic heterocycles. The van der Waals surface area contributed by atoms with Crippen molar-refractivity contribution in [3.63, 3.8) is 0 Å². The Kier molecular flexibility index (Phi) is 6.77. The van der Waals surface area contributed by atoms with Gasteiger partial charge in [-0.2, -0.15) is 0 Å². The van der Waals surface area contributed by atoms with Gasteiger partial charge in [0.05, 0.1) is 6.04 Å². The van der Waals surface area contributed by atoms with E-state index in [9.17, 15) is 4.39 Å². The van der Waals surface area contributed by atoms with Crippen molar-refractivity contribution in [2.75, 3.05) is 38.5 Å². The van der Waals surface area contributed by atoms with Gasteiger partial charge in [-0.3, -0.25) is 4.90 Å². The number of benzene rings is 2. The molecular weight excluding hydrogens is 359 g/mol. The number of nitrogens with zero attached hydrogens (tertiary/aromatic N) is 2. The van der Waals surface area contributed by atoms with Crippen LogP contribution in [0.1, 0.15) is 18.5 Å². The summed E-state index contributed by atoms with van der Waals surface area (Å²) < 4.78 is 13.4. The minimum Gasteiger partial charge on any atom is -0.358 e. The summed E-state index contributed by atoms with van der Waals surface area (Å²) in [5, 5.41) is 6.98. The summed E-state index contributed by atoms with van der Waals surface area (Å²) in [5.74, 6) is -0.282. The largest absolute Gasteiger partial charge is 0.358 e. The molecule has 0 aromatic heterocycles. The SMILES string of the molecule is C[C@H](NC(=S)Nc1cccc(F)c1)[C@H](c1ccccc1)N1CCN(C)CC1. The van der Waals surface area contributed by atoms with E-state index < -0.39 is 0 Å². The van der Waals surface area contributed by atoms with E-state index in [1.807, 2.05) is 6.07 Å². The Bertz CT molecular complexity index is 747. The minimum absolute atomic E-state index is 0.101. The second-order valence-corrected chi connectivity index (χ2v) is 7.50. The highest BCUT2D eigenvalue weighted by Gasteiger charge is 2.28. The third kappa shape index (κ3) is 5.48. The van der Waals surface area contributed by atoms with E-state index in [2.05, 4.69) is 58.7 Å². The van der Waals surface area contributed by atoms with Crippen molar-refractivity contribution in [2.45, 2.75) is 19.0 Å². The van der Waals surface area contributed by atoms with Gasteiger partial charge in [-0.25, -0.2) is 4.39 Å². The molecule has 1 aliphatic rings. The molecule has 2 N–H and O–H groups in total. The lowest BCUT2D eigenvalue weighted by Gasteiger charge is -2.41. The van der Waals surface area contributed by atoms with Crippen molar-refractivity contribution in [2.24, 2.45) is 0 Å². The molecule has 0 aliphatic carbocycles. The van der Waals surface area contributed by atoms with E-state index in [-0.39, 0.29) is 17.9 Å². The number of piperazine rings is 1. The fourth-order valence-corrected chi connectivity index (χ4v) is 3.89. The minimum atomic E-state index is -0.282. The van der Waals surface area contributed by atoms with Crippen molar-refractivity contribution in [1.82, 2.24) is 15.1 Å². The van der Waals surface area contributed by atoms with Gasteiger partial charge in [0.25, 0.3) is 0 Å². The highest BCUT2D eigenvalue weighted by molar-refractivity contribution is 7.80. The van der Waals surface area contributed by atoms with Crippen LogP contribution in [0.2, 0.25) is 0 Å². The number of likely N-dealkylation sites (N-methyl/N-ethyl adjacent to an activating group) is 1. The fourth-order valence-electron chi connectivity index (χ4n) is 3.59. The van der Waals surface area contributed by atoms with Gasteiger partial charge in [0.1, 0.15) is 5.82 Å². The average Bonchev–Trinajstić information content (AvgIpc) is 2.64. The molecule has 4 nitrogen and oxygen atoms in total. The Morgan fingerprint density at radius 2 is 1.74 bits per heavy atom. The fraction of sp³-hybridized carbons (Fsp3) is 0.381. The Morgan fingerprint density at radius 1 is 1.04 bits per heavy atom. The number of hydrogen-bond acceptors (Lipinski definition) is 3. The Morgan fingerprint density at radius 3 is 2.41 bits per heavy atom. The number of thiocarbonyl (C=S) groups is 1. The number of rotatable bonds is 5. The summed E-state index contributed by atoms with van der Waals surface area (Å²) in [6, 6.07) is 17.2. The third-order valence-corrected chi connectivity index (χ3v) is 5.21. The summed E-state index contributed by atoms with van der Waals surface area (Å²) in [6.07, 6.45) is 0. The van der Waals surface area contributed by atoms with Crippen molar-refractivity contribution in [3.05, 3.63) is 66.0 Å². The lowest BCUT2D eigenvalue weighted by molar-refractivity contribution is 0.0973. The van der Waals surface area contributed by atoms with Crippen molar-refractivity contribution in [1.29, 1.82) is 0 Å². The maximum Gasteiger partial charge on any atom is 0.171 e. The van der Waals surface area contributed by atoms with E-state index >= 15 is 0 Å². The molecule has 0 unspecified atom stereocenters. The molecule has 0 spiro atoms. The first-order valence-corrected chi connectivity index (χ1v) is 9.74. The van der Waals surface area contributed by atoms with Gasteiger partial charge in [-0.15, -0.1) is 0 Å². The summed E-state index contributed by atoms with van der Waals surface area (Å²) >= 11 is 5.47. The van der Waals surface area contributed by atoms with E-state index in [4.69, 9.17) is 12.2 Å². The molecule has 3 rings (SSSR count). The zero-order chi connectivity index (χ0) is 19.2. The van der Waals surface area contributed by atoms with Crippen LogP contribution in [0.4, 0.5) is 10.1 Å². The lowest BCUT2D eigenvalue weighted by Crippen LogP contribution is -2.52. The first-order valence-electron chi connectivity index (χ1n) is 9.33. The molecule has 6 heteroatoms. The zero-order valence-corrected chi connectivity index (χ0v) is 16.7. The summed E-state index contributed by atoms with van der Waals surface area (Å²) in [4.78, 5) is 4.87. The van der Waals surface area contributed by atoms with Crippen molar-refractivity contribution < 1.29 is 4.39 Å². The molecule has 0 amide bonds. The summed E-state index contributed by atoms with van der Waals surface area (Å²) in [5.41, 5.74) is 1.92. The number of nitrogens with one attached hydrogen (secondary N) is 2. The van der Waals surface area contributed by atoms with Crippen molar-refractivity contribution in [3.8, 4) is 0 Å². The molecule has 0 bridgehead atoms. The van der Waals surface area contributed by atoms with E-state index in [0.29, 0.717) is 10.8 Å². The predicted octanol–water partition coefficient (Wildman–Crippen LogP) is 3.49. The first-order chi connectivity index (χ1) is 13.0. The summed E-state index contributed by atoms with van der Waals surface area (Å²) in [7, 11) is 2.16. The van der Waals surface area contributed by atoms with Gasteiger partial charge in [0.15, 0.2) is 5.11 Å². The summed E-state index contributed by atoms with van der Waals surface area (Å²) in [6.45, 7) is 6.30. The van der Waals surface area contributed by atoms with Crippen LogP contribution in [0.5, 0.6) is 0 Å². The van der Waals surface area contributed by atoms with Crippen molar-refractivity contribution >= 4 is 23.0 Å². The quantitative estimate of drug-likeness (QED) is 0.768. The maximum atomic E-state index is 13.4. The Labute approximate surface area is 166 Å². The smallest absolute Gasteiger partial charge is 0.171 e. The normalized spacial score (nSPS) is 17.9. The second-order valence-electron chi connectivity index (χ2n) is 7.09. The van der Waals surface area contributed by atoms with Gasteiger partial charge >= 0.3 is 0 Å². The molecule has 1 saturated heterocycles. The molecule has 144 valence electrons. The van der Waals surface area contributed by atoms with E-state index in [1.54, 1.807) is 12.1 Å². The second kappa shape index (κ2) is 9.26. The number of halogens is 1. The Hall–Kier alpha value is -2.02. The molecule has 2 atom stereocenters. The maximum absolute atomic E-state index is 13.4. The van der Waals surface area contributed by atoms with E-state index in [1.165, 1.54) is 17.7 Å². The standard InChI is InChI=1S/C21H27FN4S/c1-16(23-21(27)24-19-10-6-9-18(22)15-19)20(17-7-4-3-5-8-17)26-13-11-25(2)12-14-26/h3-10,15-16,20H,11-14H2,1-2H3,(H2,23,24,27)/t16-,20+/m0/s1. The van der Waals surface area contributed by atoms with Gasteiger partial charge in [0.2, 0.25) is 0 Å². The van der Waals surface area contributed by atoms with E-state index in [0.717, 1.165) is 26.2 Å². The van der Waals surface area contributed by atoms with Gasteiger partial charge in [0, 0.05) is 37.9 Å². The monoisotopic (exact) mass is 386 g/mol. The molecule has 27 heavy (non-hydrogen) atoms. The molecule has 2 aromatic carbocycles. The number of anilines is 1. The van der Waals surface area contributed by atoms with Crippen LogP contribution in [0.25, 0.3) is 0 Å². The Balaban J connectivity index is 1.70. The molecule has 0 saturated carbocycles.